The Morgan fingerprint density at radius 1 is 1.21 bits per heavy atom. The molecule has 3 heteroatoms. The Labute approximate surface area is 87.5 Å². The maximum Gasteiger partial charge on any atom is 0.0741 e. The monoisotopic (exact) mass is 203 g/mol. The molecular formula is C11H25NO2. The van der Waals surface area contributed by atoms with Crippen molar-refractivity contribution in [1.29, 1.82) is 0 Å². The quantitative estimate of drug-likeness (QED) is 0.607. The van der Waals surface area contributed by atoms with Gasteiger partial charge in [-0.25, -0.2) is 0 Å². The number of nitrogens with one attached hydrogen (secondary N) is 1. The van der Waals surface area contributed by atoms with Crippen LogP contribution < -0.4 is 5.32 Å². The van der Waals surface area contributed by atoms with Crippen molar-refractivity contribution >= 4 is 0 Å². The zero-order valence-corrected chi connectivity index (χ0v) is 10.0. The normalized spacial score (nSPS) is 17.1. The summed E-state index contributed by atoms with van der Waals surface area (Å²) in [5, 5.41) is 22.4. The standard InChI is InChI=1S/C11H25NO2/c1-8(2)6-10(13)7-12-9(3)11(4,5)14/h8-10,12-14H,6-7H2,1-5H3. The first-order chi connectivity index (χ1) is 6.23. The molecule has 14 heavy (non-hydrogen) atoms. The van der Waals surface area contributed by atoms with Crippen LogP contribution in [0.2, 0.25) is 0 Å². The van der Waals surface area contributed by atoms with Gasteiger partial charge in [0.25, 0.3) is 0 Å². The maximum absolute atomic E-state index is 9.64. The van der Waals surface area contributed by atoms with Crippen LogP contribution in [0.1, 0.15) is 41.0 Å². The maximum atomic E-state index is 9.64. The average molecular weight is 203 g/mol. The van der Waals surface area contributed by atoms with Crippen molar-refractivity contribution < 1.29 is 10.2 Å². The lowest BCUT2D eigenvalue weighted by atomic mass is 10.00. The van der Waals surface area contributed by atoms with E-state index in [0.29, 0.717) is 12.5 Å². The van der Waals surface area contributed by atoms with Gasteiger partial charge in [-0.2, -0.15) is 0 Å². The molecule has 0 aliphatic carbocycles. The molecule has 0 saturated heterocycles. The zero-order valence-electron chi connectivity index (χ0n) is 10.0. The molecule has 0 saturated carbocycles. The van der Waals surface area contributed by atoms with Gasteiger partial charge in [-0.3, -0.25) is 0 Å². The van der Waals surface area contributed by atoms with Crippen molar-refractivity contribution in [1.82, 2.24) is 5.32 Å². The summed E-state index contributed by atoms with van der Waals surface area (Å²) in [4.78, 5) is 0. The van der Waals surface area contributed by atoms with Crippen LogP contribution in [0.5, 0.6) is 0 Å². The van der Waals surface area contributed by atoms with E-state index in [-0.39, 0.29) is 12.1 Å². The van der Waals surface area contributed by atoms with Crippen LogP contribution in [0, 0.1) is 5.92 Å². The minimum Gasteiger partial charge on any atom is -0.392 e. The molecule has 0 aromatic heterocycles. The SMILES string of the molecule is CC(C)CC(O)CNC(C)C(C)(C)O. The lowest BCUT2D eigenvalue weighted by Gasteiger charge is -2.28. The van der Waals surface area contributed by atoms with E-state index >= 15 is 0 Å². The van der Waals surface area contributed by atoms with Crippen LogP contribution in [0.25, 0.3) is 0 Å². The minimum absolute atomic E-state index is 0.00990. The van der Waals surface area contributed by atoms with Gasteiger partial charge in [0.15, 0.2) is 0 Å². The van der Waals surface area contributed by atoms with E-state index in [2.05, 4.69) is 19.2 Å². The predicted molar refractivity (Wildman–Crippen MR) is 59.2 cm³/mol. The van der Waals surface area contributed by atoms with E-state index in [9.17, 15) is 10.2 Å². The molecule has 0 rings (SSSR count). The Kier molecular flexibility index (Phi) is 5.64. The summed E-state index contributed by atoms with van der Waals surface area (Å²) in [6.45, 7) is 10.2. The molecule has 0 radical (unpaired) electrons. The topological polar surface area (TPSA) is 52.5 Å². The van der Waals surface area contributed by atoms with Crippen LogP contribution in [-0.2, 0) is 0 Å². The third-order valence-electron chi connectivity index (χ3n) is 2.46. The highest BCUT2D eigenvalue weighted by atomic mass is 16.3. The van der Waals surface area contributed by atoms with Gasteiger partial charge in [-0.05, 0) is 33.1 Å². The number of rotatable bonds is 6. The lowest BCUT2D eigenvalue weighted by Crippen LogP contribution is -2.47. The smallest absolute Gasteiger partial charge is 0.0741 e. The van der Waals surface area contributed by atoms with Gasteiger partial charge in [0.2, 0.25) is 0 Å². The summed E-state index contributed by atoms with van der Waals surface area (Å²) in [6, 6.07) is -0.00990. The summed E-state index contributed by atoms with van der Waals surface area (Å²) in [7, 11) is 0. The number of aliphatic hydroxyl groups excluding tert-OH is 1. The fraction of sp³-hybridized carbons (Fsp3) is 1.00. The second-order valence-corrected chi connectivity index (χ2v) is 5.07. The fourth-order valence-corrected chi connectivity index (χ4v) is 1.19. The van der Waals surface area contributed by atoms with E-state index in [1.165, 1.54) is 0 Å². The highest BCUT2D eigenvalue weighted by molar-refractivity contribution is 4.80. The second-order valence-electron chi connectivity index (χ2n) is 5.07. The number of hydrogen-bond donors (Lipinski definition) is 3. The van der Waals surface area contributed by atoms with Crippen molar-refractivity contribution in [2.24, 2.45) is 5.92 Å². The van der Waals surface area contributed by atoms with Crippen LogP contribution in [-0.4, -0.2) is 34.5 Å². The number of hydrogen-bond acceptors (Lipinski definition) is 3. The Morgan fingerprint density at radius 3 is 2.07 bits per heavy atom. The van der Waals surface area contributed by atoms with Gasteiger partial charge in [-0.15, -0.1) is 0 Å². The van der Waals surface area contributed by atoms with Crippen molar-refractivity contribution in [3.63, 3.8) is 0 Å². The van der Waals surface area contributed by atoms with E-state index in [4.69, 9.17) is 0 Å². The summed E-state index contributed by atoms with van der Waals surface area (Å²) in [5.74, 6) is 0.504. The summed E-state index contributed by atoms with van der Waals surface area (Å²) < 4.78 is 0. The summed E-state index contributed by atoms with van der Waals surface area (Å²) in [5.41, 5.74) is -0.739. The van der Waals surface area contributed by atoms with Crippen molar-refractivity contribution in [2.45, 2.75) is 58.8 Å². The molecule has 2 unspecified atom stereocenters. The molecule has 0 amide bonds. The second kappa shape index (κ2) is 5.69. The molecule has 2 atom stereocenters. The van der Waals surface area contributed by atoms with E-state index in [1.54, 1.807) is 13.8 Å². The molecule has 0 aliphatic rings. The average Bonchev–Trinajstić information content (AvgIpc) is 1.96. The molecular weight excluding hydrogens is 178 g/mol. The summed E-state index contributed by atoms with van der Waals surface area (Å²) in [6.07, 6.45) is 0.478. The van der Waals surface area contributed by atoms with Crippen molar-refractivity contribution in [2.75, 3.05) is 6.54 Å². The number of aliphatic hydroxyl groups is 2. The molecule has 0 fully saturated rings. The van der Waals surface area contributed by atoms with Crippen LogP contribution in [0.3, 0.4) is 0 Å². The Hall–Kier alpha value is -0.120. The van der Waals surface area contributed by atoms with Crippen LogP contribution in [0.4, 0.5) is 0 Å². The minimum atomic E-state index is -0.739. The Bertz CT molecular complexity index is 152. The molecule has 0 aromatic carbocycles. The molecule has 0 aliphatic heterocycles. The molecule has 3 nitrogen and oxygen atoms in total. The van der Waals surface area contributed by atoms with Gasteiger partial charge >= 0.3 is 0 Å². The predicted octanol–water partition coefficient (Wildman–Crippen LogP) is 1.14. The van der Waals surface area contributed by atoms with Crippen LogP contribution in [0.15, 0.2) is 0 Å². The molecule has 86 valence electrons. The molecule has 0 aromatic rings. The lowest BCUT2D eigenvalue weighted by molar-refractivity contribution is 0.0373. The Balaban J connectivity index is 3.72. The third kappa shape index (κ3) is 6.35. The van der Waals surface area contributed by atoms with Gasteiger partial charge < -0.3 is 15.5 Å². The van der Waals surface area contributed by atoms with Gasteiger partial charge in [-0.1, -0.05) is 13.8 Å². The summed E-state index contributed by atoms with van der Waals surface area (Å²) >= 11 is 0. The zero-order chi connectivity index (χ0) is 11.4. The van der Waals surface area contributed by atoms with Gasteiger partial charge in [0.1, 0.15) is 0 Å². The first kappa shape index (κ1) is 13.9. The Morgan fingerprint density at radius 2 is 1.71 bits per heavy atom. The van der Waals surface area contributed by atoms with Gasteiger partial charge in [0, 0.05) is 12.6 Å². The van der Waals surface area contributed by atoms with E-state index in [1.807, 2.05) is 6.92 Å². The van der Waals surface area contributed by atoms with E-state index in [0.717, 1.165) is 6.42 Å². The van der Waals surface area contributed by atoms with Crippen molar-refractivity contribution in [3.05, 3.63) is 0 Å². The molecule has 0 heterocycles. The largest absolute Gasteiger partial charge is 0.392 e. The third-order valence-corrected chi connectivity index (χ3v) is 2.46. The van der Waals surface area contributed by atoms with E-state index < -0.39 is 5.60 Å². The van der Waals surface area contributed by atoms with Crippen molar-refractivity contribution in [3.8, 4) is 0 Å². The fourth-order valence-electron chi connectivity index (χ4n) is 1.19. The first-order valence-electron chi connectivity index (χ1n) is 5.37. The van der Waals surface area contributed by atoms with Gasteiger partial charge in [0.05, 0.1) is 11.7 Å². The van der Waals surface area contributed by atoms with Crippen LogP contribution >= 0.6 is 0 Å². The molecule has 3 N–H and O–H groups in total. The molecule has 0 spiro atoms. The highest BCUT2D eigenvalue weighted by Gasteiger charge is 2.22. The molecule has 0 bridgehead atoms. The highest BCUT2D eigenvalue weighted by Crippen LogP contribution is 2.08. The first-order valence-corrected chi connectivity index (χ1v) is 5.37.